The third-order valence-corrected chi connectivity index (χ3v) is 7.69. The second kappa shape index (κ2) is 8.67. The third kappa shape index (κ3) is 4.55. The number of rotatable bonds is 6. The number of benzene rings is 1. The molecule has 0 bridgehead atoms. The Balaban J connectivity index is 2.16. The molecule has 0 saturated carbocycles. The average molecular weight is 391 g/mol. The van der Waals surface area contributed by atoms with Crippen molar-refractivity contribution in [1.29, 1.82) is 0 Å². The van der Waals surface area contributed by atoms with E-state index in [1.54, 1.807) is 7.11 Å². The lowest BCUT2D eigenvalue weighted by Gasteiger charge is -2.35. The predicted molar refractivity (Wildman–Crippen MR) is 98.3 cm³/mol. The van der Waals surface area contributed by atoms with Crippen LogP contribution in [-0.2, 0) is 6.42 Å². The van der Waals surface area contributed by atoms with Crippen LogP contribution in [0.15, 0.2) is 22.7 Å². The van der Waals surface area contributed by atoms with Crippen molar-refractivity contribution in [1.82, 2.24) is 5.43 Å². The van der Waals surface area contributed by atoms with Gasteiger partial charge < -0.3 is 4.74 Å². The quantitative estimate of drug-likeness (QED) is 0.575. The first-order valence-corrected chi connectivity index (χ1v) is 10.1. The van der Waals surface area contributed by atoms with Crippen molar-refractivity contribution in [2.24, 2.45) is 5.84 Å². The highest BCUT2D eigenvalue weighted by Crippen LogP contribution is 2.36. The highest BCUT2D eigenvalue weighted by molar-refractivity contribution is 9.10. The molecule has 1 heterocycles. The molecule has 1 aliphatic heterocycles. The SMILES string of the molecule is CCC1SCCSC1C(Cc1cc(Br)ccc1OC)NN. The van der Waals surface area contributed by atoms with E-state index in [9.17, 15) is 0 Å². The molecule has 3 nitrogen and oxygen atoms in total. The number of ether oxygens (including phenoxy) is 1. The van der Waals surface area contributed by atoms with Gasteiger partial charge in [0.05, 0.1) is 7.11 Å². The summed E-state index contributed by atoms with van der Waals surface area (Å²) in [6.45, 7) is 2.27. The molecule has 1 saturated heterocycles. The van der Waals surface area contributed by atoms with Crippen molar-refractivity contribution in [3.63, 3.8) is 0 Å². The van der Waals surface area contributed by atoms with E-state index < -0.39 is 0 Å². The minimum atomic E-state index is 0.260. The smallest absolute Gasteiger partial charge is 0.122 e. The van der Waals surface area contributed by atoms with E-state index in [4.69, 9.17) is 10.6 Å². The first-order chi connectivity index (χ1) is 10.2. The number of nitrogens with one attached hydrogen (secondary N) is 1. The number of halogens is 1. The Kier molecular flexibility index (Phi) is 7.22. The summed E-state index contributed by atoms with van der Waals surface area (Å²) in [5.74, 6) is 9.26. The molecule has 0 radical (unpaired) electrons. The van der Waals surface area contributed by atoms with Crippen LogP contribution in [-0.4, -0.2) is 35.2 Å². The molecule has 2 rings (SSSR count). The molecule has 1 fully saturated rings. The zero-order valence-corrected chi connectivity index (χ0v) is 15.7. The molecule has 1 aromatic rings. The van der Waals surface area contributed by atoms with Gasteiger partial charge in [0.1, 0.15) is 5.75 Å². The number of hydrazine groups is 1. The highest BCUT2D eigenvalue weighted by atomic mass is 79.9. The van der Waals surface area contributed by atoms with Gasteiger partial charge in [0.15, 0.2) is 0 Å². The minimum absolute atomic E-state index is 0.260. The summed E-state index contributed by atoms with van der Waals surface area (Å²) < 4.78 is 6.56. The van der Waals surface area contributed by atoms with Gasteiger partial charge in [-0.3, -0.25) is 11.3 Å². The van der Waals surface area contributed by atoms with Crippen molar-refractivity contribution < 1.29 is 4.74 Å². The van der Waals surface area contributed by atoms with Crippen molar-refractivity contribution in [2.45, 2.75) is 36.3 Å². The summed E-state index contributed by atoms with van der Waals surface area (Å²) in [4.78, 5) is 0. The summed E-state index contributed by atoms with van der Waals surface area (Å²) >= 11 is 7.67. The van der Waals surface area contributed by atoms with Gasteiger partial charge >= 0.3 is 0 Å². The maximum Gasteiger partial charge on any atom is 0.122 e. The molecule has 118 valence electrons. The highest BCUT2D eigenvalue weighted by Gasteiger charge is 2.32. The van der Waals surface area contributed by atoms with Gasteiger partial charge in [0.2, 0.25) is 0 Å². The van der Waals surface area contributed by atoms with Gasteiger partial charge in [-0.2, -0.15) is 23.5 Å². The van der Waals surface area contributed by atoms with Crippen LogP contribution in [0, 0.1) is 0 Å². The fourth-order valence-corrected chi connectivity index (χ4v) is 6.38. The topological polar surface area (TPSA) is 47.3 Å². The van der Waals surface area contributed by atoms with Crippen LogP contribution < -0.4 is 16.0 Å². The summed E-state index contributed by atoms with van der Waals surface area (Å²) in [5.41, 5.74) is 4.25. The summed E-state index contributed by atoms with van der Waals surface area (Å²) in [5, 5.41) is 1.21. The number of methoxy groups -OCH3 is 1. The predicted octanol–water partition coefficient (Wildman–Crippen LogP) is 3.46. The molecule has 0 spiro atoms. The average Bonchev–Trinajstić information content (AvgIpc) is 2.52. The summed E-state index contributed by atoms with van der Waals surface area (Å²) in [7, 11) is 1.72. The maximum atomic E-state index is 5.87. The lowest BCUT2D eigenvalue weighted by Crippen LogP contribution is -2.49. The van der Waals surface area contributed by atoms with Gasteiger partial charge in [0.25, 0.3) is 0 Å². The number of hydrogen-bond acceptors (Lipinski definition) is 5. The molecule has 3 atom stereocenters. The summed E-state index contributed by atoms with van der Waals surface area (Å²) in [6, 6.07) is 6.40. The monoisotopic (exact) mass is 390 g/mol. The molecular formula is C15H23BrN2OS2. The van der Waals surface area contributed by atoms with E-state index in [-0.39, 0.29) is 6.04 Å². The van der Waals surface area contributed by atoms with Crippen molar-refractivity contribution in [3.05, 3.63) is 28.2 Å². The van der Waals surface area contributed by atoms with E-state index in [2.05, 4.69) is 46.1 Å². The van der Waals surface area contributed by atoms with Gasteiger partial charge in [-0.25, -0.2) is 0 Å². The molecule has 3 N–H and O–H groups in total. The standard InChI is InChI=1S/C15H23BrN2OS2/c1-3-14-15(21-7-6-20-14)12(18-17)9-10-8-11(16)4-5-13(10)19-2/h4-5,8,12,14-15,18H,3,6-7,9,17H2,1-2H3. The first-order valence-electron chi connectivity index (χ1n) is 7.21. The van der Waals surface area contributed by atoms with Gasteiger partial charge in [-0.05, 0) is 36.6 Å². The Morgan fingerprint density at radius 3 is 2.86 bits per heavy atom. The van der Waals surface area contributed by atoms with E-state index in [1.165, 1.54) is 23.5 Å². The minimum Gasteiger partial charge on any atom is -0.496 e. The largest absolute Gasteiger partial charge is 0.496 e. The van der Waals surface area contributed by atoms with Crippen LogP contribution >= 0.6 is 39.5 Å². The van der Waals surface area contributed by atoms with E-state index in [1.807, 2.05) is 23.9 Å². The number of hydrogen-bond donors (Lipinski definition) is 2. The zero-order valence-electron chi connectivity index (χ0n) is 12.5. The molecule has 0 amide bonds. The van der Waals surface area contributed by atoms with E-state index in [0.717, 1.165) is 16.6 Å². The van der Waals surface area contributed by atoms with Crippen LogP contribution in [0.25, 0.3) is 0 Å². The Hall–Kier alpha value is 0.120. The van der Waals surface area contributed by atoms with Crippen LogP contribution in [0.5, 0.6) is 5.75 Å². The van der Waals surface area contributed by atoms with Crippen LogP contribution in [0.3, 0.4) is 0 Å². The molecule has 0 aliphatic carbocycles. The van der Waals surface area contributed by atoms with Crippen molar-refractivity contribution in [2.75, 3.05) is 18.6 Å². The lowest BCUT2D eigenvalue weighted by molar-refractivity contribution is 0.403. The van der Waals surface area contributed by atoms with Crippen LogP contribution in [0.4, 0.5) is 0 Å². The Morgan fingerprint density at radius 2 is 2.19 bits per heavy atom. The fraction of sp³-hybridized carbons (Fsp3) is 0.600. The molecule has 6 heteroatoms. The Morgan fingerprint density at radius 1 is 1.43 bits per heavy atom. The van der Waals surface area contributed by atoms with Crippen molar-refractivity contribution in [3.8, 4) is 5.75 Å². The van der Waals surface area contributed by atoms with Gasteiger partial charge in [-0.1, -0.05) is 22.9 Å². The fourth-order valence-electron chi connectivity index (χ4n) is 2.72. The summed E-state index contributed by atoms with van der Waals surface area (Å²) in [6.07, 6.45) is 2.07. The third-order valence-electron chi connectivity index (χ3n) is 3.79. The number of thioether (sulfide) groups is 2. The normalized spacial score (nSPS) is 23.8. The molecule has 3 unspecified atom stereocenters. The Bertz CT molecular complexity index is 461. The van der Waals surface area contributed by atoms with E-state index >= 15 is 0 Å². The van der Waals surface area contributed by atoms with Crippen LogP contribution in [0.2, 0.25) is 0 Å². The molecule has 1 aliphatic rings. The second-order valence-electron chi connectivity index (χ2n) is 5.09. The lowest BCUT2D eigenvalue weighted by atomic mass is 10.00. The van der Waals surface area contributed by atoms with Gasteiger partial charge in [-0.15, -0.1) is 0 Å². The molecular weight excluding hydrogens is 368 g/mol. The van der Waals surface area contributed by atoms with E-state index in [0.29, 0.717) is 10.5 Å². The Labute approximate surface area is 144 Å². The van der Waals surface area contributed by atoms with Crippen molar-refractivity contribution >= 4 is 39.5 Å². The van der Waals surface area contributed by atoms with Crippen LogP contribution in [0.1, 0.15) is 18.9 Å². The first kappa shape index (κ1) is 17.5. The molecule has 0 aromatic heterocycles. The van der Waals surface area contributed by atoms with Gasteiger partial charge in [0, 0.05) is 32.5 Å². The second-order valence-corrected chi connectivity index (χ2v) is 8.64. The zero-order chi connectivity index (χ0) is 15.2. The molecule has 1 aromatic carbocycles. The number of nitrogens with two attached hydrogens (primary N) is 1. The molecule has 21 heavy (non-hydrogen) atoms. The maximum absolute atomic E-state index is 5.87.